The second-order valence-corrected chi connectivity index (χ2v) is 7.07. The molecule has 2 aromatic carbocycles. The molecule has 1 aliphatic heterocycles. The van der Waals surface area contributed by atoms with E-state index in [2.05, 4.69) is 41.5 Å². The third kappa shape index (κ3) is 4.82. The zero-order chi connectivity index (χ0) is 21.6. The van der Waals surface area contributed by atoms with Crippen LogP contribution in [0.5, 0.6) is 5.75 Å². The summed E-state index contributed by atoms with van der Waals surface area (Å²) in [6.45, 7) is 3.31. The maximum absolute atomic E-state index is 11.8. The largest absolute Gasteiger partial charge is 0.497 e. The van der Waals surface area contributed by atoms with Crippen molar-refractivity contribution in [3.63, 3.8) is 0 Å². The van der Waals surface area contributed by atoms with Gasteiger partial charge in [-0.2, -0.15) is 4.98 Å². The zero-order valence-electron chi connectivity index (χ0n) is 17.6. The molecule has 1 amide bonds. The second-order valence-electron chi connectivity index (χ2n) is 7.07. The number of ether oxygens (including phenoxy) is 1. The van der Waals surface area contributed by atoms with Crippen LogP contribution in [-0.4, -0.2) is 61.2 Å². The van der Waals surface area contributed by atoms with Gasteiger partial charge in [0, 0.05) is 56.2 Å². The molecule has 0 saturated carbocycles. The van der Waals surface area contributed by atoms with E-state index in [4.69, 9.17) is 4.74 Å². The number of anilines is 4. The van der Waals surface area contributed by atoms with E-state index >= 15 is 0 Å². The van der Waals surface area contributed by atoms with E-state index in [1.54, 1.807) is 26.3 Å². The molecular formula is C22H25N7O2. The second kappa shape index (κ2) is 9.29. The number of nitrogens with one attached hydrogen (secondary N) is 2. The minimum absolute atomic E-state index is 0.145. The van der Waals surface area contributed by atoms with E-state index < -0.39 is 0 Å². The maximum Gasteiger partial charge on any atom is 0.251 e. The van der Waals surface area contributed by atoms with Gasteiger partial charge in [0.05, 0.1) is 7.11 Å². The van der Waals surface area contributed by atoms with Gasteiger partial charge in [-0.3, -0.25) is 4.79 Å². The number of benzene rings is 2. The Morgan fingerprint density at radius 3 is 2.55 bits per heavy atom. The van der Waals surface area contributed by atoms with Crippen molar-refractivity contribution >= 4 is 29.2 Å². The lowest BCUT2D eigenvalue weighted by atomic mass is 10.2. The summed E-state index contributed by atoms with van der Waals surface area (Å²) in [6.07, 6.45) is 1.50. The molecule has 2 heterocycles. The average Bonchev–Trinajstić information content (AvgIpc) is 2.84. The summed E-state index contributed by atoms with van der Waals surface area (Å²) in [6, 6.07) is 15.3. The molecule has 0 spiro atoms. The minimum atomic E-state index is -0.145. The van der Waals surface area contributed by atoms with Crippen molar-refractivity contribution in [3.8, 4) is 5.75 Å². The Morgan fingerprint density at radius 2 is 1.77 bits per heavy atom. The summed E-state index contributed by atoms with van der Waals surface area (Å²) < 4.78 is 5.33. The average molecular weight is 419 g/mol. The fourth-order valence-electron chi connectivity index (χ4n) is 3.48. The zero-order valence-corrected chi connectivity index (χ0v) is 17.6. The van der Waals surface area contributed by atoms with E-state index in [-0.39, 0.29) is 5.91 Å². The van der Waals surface area contributed by atoms with Gasteiger partial charge in [-0.05, 0) is 30.3 Å². The van der Waals surface area contributed by atoms with Crippen LogP contribution in [-0.2, 0) is 0 Å². The Morgan fingerprint density at radius 1 is 1.00 bits per heavy atom. The van der Waals surface area contributed by atoms with Crippen molar-refractivity contribution in [1.82, 2.24) is 20.3 Å². The lowest BCUT2D eigenvalue weighted by Crippen LogP contribution is -2.47. The van der Waals surface area contributed by atoms with Crippen molar-refractivity contribution in [3.05, 3.63) is 60.4 Å². The van der Waals surface area contributed by atoms with Gasteiger partial charge in [0.15, 0.2) is 0 Å². The van der Waals surface area contributed by atoms with Gasteiger partial charge in [0.1, 0.15) is 12.1 Å². The van der Waals surface area contributed by atoms with Crippen LogP contribution in [0.15, 0.2) is 54.9 Å². The molecule has 31 heavy (non-hydrogen) atoms. The molecule has 4 rings (SSSR count). The number of nitrogens with zero attached hydrogens (tertiary/aromatic N) is 5. The first-order valence-electron chi connectivity index (χ1n) is 10.1. The molecule has 9 nitrogen and oxygen atoms in total. The van der Waals surface area contributed by atoms with E-state index in [1.165, 1.54) is 6.33 Å². The van der Waals surface area contributed by atoms with Gasteiger partial charge in [0.2, 0.25) is 11.9 Å². The molecule has 1 saturated heterocycles. The number of hydrogen-bond donors (Lipinski definition) is 2. The lowest BCUT2D eigenvalue weighted by Gasteiger charge is -2.36. The van der Waals surface area contributed by atoms with Crippen molar-refractivity contribution in [2.75, 3.05) is 55.5 Å². The molecule has 9 heteroatoms. The molecular weight excluding hydrogens is 394 g/mol. The summed E-state index contributed by atoms with van der Waals surface area (Å²) in [7, 11) is 3.28. The molecule has 3 aromatic rings. The number of methoxy groups -OCH3 is 1. The van der Waals surface area contributed by atoms with Crippen LogP contribution < -0.4 is 25.2 Å². The first-order chi connectivity index (χ1) is 15.2. The number of amides is 1. The molecule has 0 bridgehead atoms. The van der Waals surface area contributed by atoms with Crippen molar-refractivity contribution < 1.29 is 9.53 Å². The third-order valence-electron chi connectivity index (χ3n) is 5.15. The van der Waals surface area contributed by atoms with E-state index in [1.807, 2.05) is 30.3 Å². The molecule has 0 atom stereocenters. The van der Waals surface area contributed by atoms with Crippen LogP contribution in [0, 0.1) is 0 Å². The molecule has 1 aromatic heterocycles. The quantitative estimate of drug-likeness (QED) is 0.629. The summed E-state index contributed by atoms with van der Waals surface area (Å²) in [5, 5.41) is 5.78. The number of aromatic nitrogens is 3. The molecule has 0 aliphatic carbocycles. The standard InChI is InChI=1S/C22H25N7O2/c1-23-20(30)16-5-3-6-17(13-16)26-21-24-15-25-22(27-21)29-11-9-28(10-12-29)18-7-4-8-19(14-18)31-2/h3-8,13-15H,9-12H2,1-2H3,(H,23,30)(H,24,25,26,27). The fraction of sp³-hybridized carbons (Fsp3) is 0.273. The van der Waals surface area contributed by atoms with Gasteiger partial charge in [-0.15, -0.1) is 0 Å². The normalized spacial score (nSPS) is 13.6. The van der Waals surface area contributed by atoms with E-state index in [0.717, 1.165) is 43.3 Å². The summed E-state index contributed by atoms with van der Waals surface area (Å²) >= 11 is 0. The molecule has 0 unspecified atom stereocenters. The molecule has 160 valence electrons. The van der Waals surface area contributed by atoms with Crippen LogP contribution in [0.2, 0.25) is 0 Å². The Kier molecular flexibility index (Phi) is 6.11. The smallest absolute Gasteiger partial charge is 0.251 e. The van der Waals surface area contributed by atoms with E-state index in [9.17, 15) is 4.79 Å². The van der Waals surface area contributed by atoms with Crippen LogP contribution >= 0.6 is 0 Å². The lowest BCUT2D eigenvalue weighted by molar-refractivity contribution is 0.0963. The summed E-state index contributed by atoms with van der Waals surface area (Å²) in [5.74, 6) is 1.78. The number of carbonyl (C=O) groups excluding carboxylic acids is 1. The topological polar surface area (TPSA) is 95.5 Å². The first kappa shape index (κ1) is 20.4. The molecule has 1 aliphatic rings. The highest BCUT2D eigenvalue weighted by Crippen LogP contribution is 2.23. The summed E-state index contributed by atoms with van der Waals surface area (Å²) in [5.41, 5.74) is 2.45. The van der Waals surface area contributed by atoms with E-state index in [0.29, 0.717) is 17.5 Å². The van der Waals surface area contributed by atoms with Crippen molar-refractivity contribution in [2.24, 2.45) is 0 Å². The minimum Gasteiger partial charge on any atom is -0.497 e. The van der Waals surface area contributed by atoms with Gasteiger partial charge in [0.25, 0.3) is 5.91 Å². The van der Waals surface area contributed by atoms with Gasteiger partial charge < -0.3 is 25.2 Å². The Hall–Kier alpha value is -3.88. The highest BCUT2D eigenvalue weighted by atomic mass is 16.5. The van der Waals surface area contributed by atoms with Crippen LogP contribution in [0.4, 0.5) is 23.3 Å². The van der Waals surface area contributed by atoms with Gasteiger partial charge in [-0.25, -0.2) is 9.97 Å². The number of hydrogen-bond acceptors (Lipinski definition) is 8. The predicted molar refractivity (Wildman–Crippen MR) is 120 cm³/mol. The maximum atomic E-state index is 11.8. The molecule has 0 radical (unpaired) electrons. The van der Waals surface area contributed by atoms with Crippen LogP contribution in [0.3, 0.4) is 0 Å². The highest BCUT2D eigenvalue weighted by Gasteiger charge is 2.20. The third-order valence-corrected chi connectivity index (χ3v) is 5.15. The van der Waals surface area contributed by atoms with Gasteiger partial charge >= 0.3 is 0 Å². The highest BCUT2D eigenvalue weighted by molar-refractivity contribution is 5.95. The van der Waals surface area contributed by atoms with Crippen molar-refractivity contribution in [1.29, 1.82) is 0 Å². The fourth-order valence-corrected chi connectivity index (χ4v) is 3.48. The SMILES string of the molecule is CNC(=O)c1cccc(Nc2ncnc(N3CCN(c4cccc(OC)c4)CC3)n2)c1. The molecule has 1 fully saturated rings. The number of rotatable bonds is 6. The first-order valence-corrected chi connectivity index (χ1v) is 10.1. The Balaban J connectivity index is 1.42. The predicted octanol–water partition coefficient (Wildman–Crippen LogP) is 2.31. The number of carbonyl (C=O) groups is 1. The van der Waals surface area contributed by atoms with Crippen LogP contribution in [0.1, 0.15) is 10.4 Å². The van der Waals surface area contributed by atoms with Gasteiger partial charge in [-0.1, -0.05) is 12.1 Å². The number of piperazine rings is 1. The molecule has 2 N–H and O–H groups in total. The Labute approximate surface area is 181 Å². The van der Waals surface area contributed by atoms with Crippen LogP contribution in [0.25, 0.3) is 0 Å². The monoisotopic (exact) mass is 419 g/mol. The summed E-state index contributed by atoms with van der Waals surface area (Å²) in [4.78, 5) is 29.4. The Bertz CT molecular complexity index is 1050. The van der Waals surface area contributed by atoms with Crippen molar-refractivity contribution in [2.45, 2.75) is 0 Å².